The Morgan fingerprint density at radius 3 is 2.76 bits per heavy atom. The van der Waals surface area contributed by atoms with Crippen molar-refractivity contribution in [2.75, 3.05) is 7.11 Å². The number of benzene rings is 1. The van der Waals surface area contributed by atoms with Gasteiger partial charge in [0, 0.05) is 17.5 Å². The first-order chi connectivity index (χ1) is 10.0. The molecule has 0 saturated carbocycles. The zero-order valence-electron chi connectivity index (χ0n) is 11.8. The van der Waals surface area contributed by atoms with Crippen LogP contribution in [0.3, 0.4) is 0 Å². The number of H-pyrrole nitrogens is 1. The van der Waals surface area contributed by atoms with Crippen LogP contribution in [0, 0.1) is 6.92 Å². The molecule has 5 nitrogen and oxygen atoms in total. The minimum Gasteiger partial charge on any atom is -0.496 e. The van der Waals surface area contributed by atoms with Crippen LogP contribution in [0.15, 0.2) is 29.1 Å². The van der Waals surface area contributed by atoms with E-state index in [1.165, 1.54) is 0 Å². The molecule has 1 aromatic carbocycles. The summed E-state index contributed by atoms with van der Waals surface area (Å²) in [4.78, 5) is 22.5. The molecule has 1 N–H and O–H groups in total. The fourth-order valence-corrected chi connectivity index (χ4v) is 2.14. The second kappa shape index (κ2) is 6.54. The van der Waals surface area contributed by atoms with Gasteiger partial charge in [0.25, 0.3) is 5.56 Å². The third-order valence-corrected chi connectivity index (χ3v) is 3.35. The van der Waals surface area contributed by atoms with Crippen molar-refractivity contribution in [2.24, 2.45) is 0 Å². The average molecular weight is 307 g/mol. The molecule has 0 aliphatic heterocycles. The van der Waals surface area contributed by atoms with Crippen LogP contribution in [0.2, 0.25) is 0 Å². The first-order valence-corrected chi connectivity index (χ1v) is 6.81. The third kappa shape index (κ3) is 3.70. The number of methoxy groups -OCH3 is 1. The highest BCUT2D eigenvalue weighted by Gasteiger charge is 2.08. The number of carbonyl (C=O) groups excluding carboxylic acids is 1. The summed E-state index contributed by atoms with van der Waals surface area (Å²) in [6.45, 7) is 1.93. The number of aromatic nitrogens is 2. The predicted octanol–water partition coefficient (Wildman–Crippen LogP) is 2.45. The number of ether oxygens (including phenoxy) is 1. The zero-order valence-corrected chi connectivity index (χ0v) is 12.5. The fraction of sp³-hybridized carbons (Fsp3) is 0.267. The van der Waals surface area contributed by atoms with Crippen LogP contribution in [-0.4, -0.2) is 22.5 Å². The Balaban J connectivity index is 2.36. The average Bonchev–Trinajstić information content (AvgIpc) is 2.46. The lowest BCUT2D eigenvalue weighted by atomic mass is 10.1. The molecule has 0 bridgehead atoms. The van der Waals surface area contributed by atoms with Gasteiger partial charge >= 0.3 is 0 Å². The molecule has 0 unspecified atom stereocenters. The number of hydrogen-bond acceptors (Lipinski definition) is 4. The molecule has 0 spiro atoms. The number of rotatable bonds is 5. The standard InChI is InChI=1S/C15H15ClN2O3/c1-9-7-10(3-5-13(9)21-2)12-8-11(4-6-14(16)19)15(20)18-17-12/h3,5,7-8H,4,6H2,1-2H3,(H,18,20). The van der Waals surface area contributed by atoms with Gasteiger partial charge in [-0.05, 0) is 54.8 Å². The molecule has 0 fully saturated rings. The van der Waals surface area contributed by atoms with Gasteiger partial charge in [-0.25, -0.2) is 5.10 Å². The lowest BCUT2D eigenvalue weighted by Gasteiger charge is -2.07. The second-order valence-electron chi connectivity index (χ2n) is 4.65. The van der Waals surface area contributed by atoms with Gasteiger partial charge in [0.05, 0.1) is 12.8 Å². The van der Waals surface area contributed by atoms with E-state index in [0.717, 1.165) is 16.9 Å². The molecule has 110 valence electrons. The molecule has 6 heteroatoms. The number of carbonyl (C=O) groups is 1. The Morgan fingerprint density at radius 1 is 1.38 bits per heavy atom. The summed E-state index contributed by atoms with van der Waals surface area (Å²) in [6, 6.07) is 7.32. The number of aromatic amines is 1. The van der Waals surface area contributed by atoms with Gasteiger partial charge < -0.3 is 4.74 Å². The van der Waals surface area contributed by atoms with Gasteiger partial charge in [-0.3, -0.25) is 9.59 Å². The molecule has 0 atom stereocenters. The van der Waals surface area contributed by atoms with E-state index < -0.39 is 5.24 Å². The van der Waals surface area contributed by atoms with E-state index in [4.69, 9.17) is 16.3 Å². The van der Waals surface area contributed by atoms with Crippen molar-refractivity contribution in [1.29, 1.82) is 0 Å². The Hall–Kier alpha value is -2.14. The SMILES string of the molecule is COc1ccc(-c2cc(CCC(=O)Cl)c(=O)[nH]n2)cc1C. The topological polar surface area (TPSA) is 72.1 Å². The van der Waals surface area contributed by atoms with E-state index in [-0.39, 0.29) is 12.0 Å². The van der Waals surface area contributed by atoms with E-state index in [0.29, 0.717) is 17.7 Å². The van der Waals surface area contributed by atoms with Crippen LogP contribution < -0.4 is 10.3 Å². The van der Waals surface area contributed by atoms with Gasteiger partial charge in [-0.15, -0.1) is 0 Å². The van der Waals surface area contributed by atoms with Crippen molar-refractivity contribution in [3.05, 3.63) is 45.7 Å². The summed E-state index contributed by atoms with van der Waals surface area (Å²) in [5, 5.41) is 6.02. The Morgan fingerprint density at radius 2 is 2.14 bits per heavy atom. The molecular weight excluding hydrogens is 292 g/mol. The van der Waals surface area contributed by atoms with Gasteiger partial charge in [0.1, 0.15) is 5.75 Å². The summed E-state index contributed by atoms with van der Waals surface area (Å²) in [7, 11) is 1.61. The van der Waals surface area contributed by atoms with Crippen LogP contribution >= 0.6 is 11.6 Å². The molecule has 0 amide bonds. The van der Waals surface area contributed by atoms with Gasteiger partial charge in [0.15, 0.2) is 0 Å². The van der Waals surface area contributed by atoms with E-state index in [1.807, 2.05) is 25.1 Å². The second-order valence-corrected chi connectivity index (χ2v) is 5.07. The molecule has 2 aromatic rings. The van der Waals surface area contributed by atoms with Crippen LogP contribution in [0.1, 0.15) is 17.5 Å². The first-order valence-electron chi connectivity index (χ1n) is 6.43. The van der Waals surface area contributed by atoms with Crippen molar-refractivity contribution < 1.29 is 9.53 Å². The number of hydrogen-bond donors (Lipinski definition) is 1. The maximum absolute atomic E-state index is 11.7. The quantitative estimate of drug-likeness (QED) is 0.861. The molecule has 0 aliphatic rings. The lowest BCUT2D eigenvalue weighted by Crippen LogP contribution is -2.15. The third-order valence-electron chi connectivity index (χ3n) is 3.16. The van der Waals surface area contributed by atoms with Crippen LogP contribution in [0.25, 0.3) is 11.3 Å². The number of nitrogens with one attached hydrogen (secondary N) is 1. The molecular formula is C15H15ClN2O3. The monoisotopic (exact) mass is 306 g/mol. The van der Waals surface area contributed by atoms with Gasteiger partial charge in [0.2, 0.25) is 5.24 Å². The smallest absolute Gasteiger partial charge is 0.267 e. The molecule has 0 aliphatic carbocycles. The fourth-order valence-electron chi connectivity index (χ4n) is 2.05. The number of halogens is 1. The summed E-state index contributed by atoms with van der Waals surface area (Å²) < 4.78 is 5.21. The highest BCUT2D eigenvalue weighted by molar-refractivity contribution is 6.63. The Bertz CT molecular complexity index is 725. The summed E-state index contributed by atoms with van der Waals surface area (Å²) in [6.07, 6.45) is 0.415. The number of nitrogens with zero attached hydrogens (tertiary/aromatic N) is 1. The largest absolute Gasteiger partial charge is 0.496 e. The van der Waals surface area contributed by atoms with E-state index >= 15 is 0 Å². The minimum absolute atomic E-state index is 0.121. The highest BCUT2D eigenvalue weighted by atomic mass is 35.5. The first kappa shape index (κ1) is 15.3. The Kier molecular flexibility index (Phi) is 4.75. The van der Waals surface area contributed by atoms with Gasteiger partial charge in [-0.2, -0.15) is 5.10 Å². The van der Waals surface area contributed by atoms with Crippen LogP contribution in [0.4, 0.5) is 0 Å². The van der Waals surface area contributed by atoms with E-state index in [1.54, 1.807) is 13.2 Å². The van der Waals surface area contributed by atoms with E-state index in [2.05, 4.69) is 10.2 Å². The van der Waals surface area contributed by atoms with E-state index in [9.17, 15) is 9.59 Å². The normalized spacial score (nSPS) is 10.4. The highest BCUT2D eigenvalue weighted by Crippen LogP contribution is 2.24. The molecule has 0 radical (unpaired) electrons. The minimum atomic E-state index is -0.465. The maximum Gasteiger partial charge on any atom is 0.267 e. The lowest BCUT2D eigenvalue weighted by molar-refractivity contribution is -0.111. The summed E-state index contributed by atoms with van der Waals surface area (Å²) >= 11 is 5.31. The van der Waals surface area contributed by atoms with Crippen molar-refractivity contribution in [1.82, 2.24) is 10.2 Å². The molecule has 21 heavy (non-hydrogen) atoms. The van der Waals surface area contributed by atoms with Crippen molar-refractivity contribution >= 4 is 16.8 Å². The van der Waals surface area contributed by atoms with Gasteiger partial charge in [-0.1, -0.05) is 0 Å². The van der Waals surface area contributed by atoms with Crippen molar-refractivity contribution in [2.45, 2.75) is 19.8 Å². The molecule has 1 aromatic heterocycles. The predicted molar refractivity (Wildman–Crippen MR) is 80.8 cm³/mol. The maximum atomic E-state index is 11.7. The molecule has 2 rings (SSSR count). The zero-order chi connectivity index (χ0) is 15.4. The van der Waals surface area contributed by atoms with Crippen molar-refractivity contribution in [3.8, 4) is 17.0 Å². The summed E-state index contributed by atoms with van der Waals surface area (Å²) in [5.41, 5.74) is 2.66. The Labute approximate surface area is 126 Å². The van der Waals surface area contributed by atoms with Crippen LogP contribution in [-0.2, 0) is 11.2 Å². The van der Waals surface area contributed by atoms with Crippen molar-refractivity contribution in [3.63, 3.8) is 0 Å². The molecule has 1 heterocycles. The summed E-state index contributed by atoms with van der Waals surface area (Å²) in [5.74, 6) is 0.788. The molecule has 0 saturated heterocycles. The van der Waals surface area contributed by atoms with Crippen LogP contribution in [0.5, 0.6) is 5.75 Å². The number of aryl methyl sites for hydroxylation is 2.